The number of esters is 1. The average Bonchev–Trinajstić information content (AvgIpc) is 2.71. The van der Waals surface area contributed by atoms with Gasteiger partial charge in [0.15, 0.2) is 0 Å². The van der Waals surface area contributed by atoms with E-state index in [4.69, 9.17) is 14.2 Å². The molecule has 6 nitrogen and oxygen atoms in total. The Balaban J connectivity index is 1.87. The minimum Gasteiger partial charge on any atom is -0.458 e. The summed E-state index contributed by atoms with van der Waals surface area (Å²) >= 11 is 0. The van der Waals surface area contributed by atoms with Gasteiger partial charge in [0.05, 0.1) is 24.8 Å². The van der Waals surface area contributed by atoms with Gasteiger partial charge in [-0.25, -0.2) is 9.59 Å². The zero-order valence-corrected chi connectivity index (χ0v) is 17.7. The number of ether oxygens (including phenoxy) is 3. The van der Waals surface area contributed by atoms with Crippen LogP contribution in [-0.4, -0.2) is 36.9 Å². The van der Waals surface area contributed by atoms with E-state index in [1.54, 1.807) is 57.2 Å². The van der Waals surface area contributed by atoms with Gasteiger partial charge < -0.3 is 19.5 Å². The van der Waals surface area contributed by atoms with E-state index in [-0.39, 0.29) is 13.2 Å². The molecule has 1 atom stereocenters. The minimum atomic E-state index is -0.603. The molecule has 0 spiro atoms. The number of carbonyl (C=O) groups is 2. The lowest BCUT2D eigenvalue weighted by Gasteiger charge is -2.22. The van der Waals surface area contributed by atoms with Crippen LogP contribution in [0.15, 0.2) is 72.8 Å². The van der Waals surface area contributed by atoms with Crippen molar-refractivity contribution in [2.45, 2.75) is 39.0 Å². The molecule has 2 aromatic rings. The lowest BCUT2D eigenvalue weighted by molar-refractivity contribution is 0.0454. The fourth-order valence-corrected chi connectivity index (χ4v) is 2.48. The zero-order valence-electron chi connectivity index (χ0n) is 17.7. The van der Waals surface area contributed by atoms with E-state index in [1.807, 2.05) is 36.4 Å². The molecule has 0 aliphatic carbocycles. The number of rotatable bonds is 9. The number of hydrogen-bond acceptors (Lipinski definition) is 5. The molecule has 0 bridgehead atoms. The Hall–Kier alpha value is -3.12. The SMILES string of the molecule is CC(C)(C)OC(=O)N[C@@H](/C=C/COC(=O)c1ccccc1)COCc1ccccc1. The molecule has 0 saturated carbocycles. The second-order valence-corrected chi connectivity index (χ2v) is 7.65. The third-order valence-electron chi connectivity index (χ3n) is 3.80. The molecule has 0 unspecified atom stereocenters. The molecule has 0 fully saturated rings. The van der Waals surface area contributed by atoms with Gasteiger partial charge in [0.2, 0.25) is 0 Å². The van der Waals surface area contributed by atoms with Gasteiger partial charge in [0.25, 0.3) is 0 Å². The summed E-state index contributed by atoms with van der Waals surface area (Å²) in [7, 11) is 0. The third kappa shape index (κ3) is 9.39. The molecule has 0 aliphatic rings. The van der Waals surface area contributed by atoms with Gasteiger partial charge in [0.1, 0.15) is 12.2 Å². The van der Waals surface area contributed by atoms with Crippen LogP contribution in [0, 0.1) is 0 Å². The number of amides is 1. The summed E-state index contributed by atoms with van der Waals surface area (Å²) in [6, 6.07) is 18.1. The zero-order chi connectivity index (χ0) is 21.8. The van der Waals surface area contributed by atoms with Crippen molar-refractivity contribution in [2.24, 2.45) is 0 Å². The van der Waals surface area contributed by atoms with Crippen molar-refractivity contribution in [1.29, 1.82) is 0 Å². The largest absolute Gasteiger partial charge is 0.458 e. The van der Waals surface area contributed by atoms with Crippen molar-refractivity contribution in [2.75, 3.05) is 13.2 Å². The fourth-order valence-electron chi connectivity index (χ4n) is 2.48. The summed E-state index contributed by atoms with van der Waals surface area (Å²) in [6.07, 6.45) is 2.86. The van der Waals surface area contributed by atoms with E-state index >= 15 is 0 Å². The molecule has 1 amide bonds. The fraction of sp³-hybridized carbons (Fsp3) is 0.333. The maximum Gasteiger partial charge on any atom is 0.408 e. The maximum absolute atomic E-state index is 12.1. The first-order valence-corrected chi connectivity index (χ1v) is 9.83. The van der Waals surface area contributed by atoms with Crippen molar-refractivity contribution in [3.05, 3.63) is 83.9 Å². The Labute approximate surface area is 177 Å². The summed E-state index contributed by atoms with van der Waals surface area (Å²) < 4.78 is 16.3. The minimum absolute atomic E-state index is 0.0823. The Bertz CT molecular complexity index is 812. The number of hydrogen-bond donors (Lipinski definition) is 1. The van der Waals surface area contributed by atoms with Crippen LogP contribution in [-0.2, 0) is 20.8 Å². The highest BCUT2D eigenvalue weighted by atomic mass is 16.6. The van der Waals surface area contributed by atoms with E-state index in [1.165, 1.54) is 0 Å². The molecule has 0 heterocycles. The van der Waals surface area contributed by atoms with Crippen LogP contribution in [0.4, 0.5) is 4.79 Å². The summed E-state index contributed by atoms with van der Waals surface area (Å²) in [5, 5.41) is 2.77. The predicted molar refractivity (Wildman–Crippen MR) is 115 cm³/mol. The third-order valence-corrected chi connectivity index (χ3v) is 3.80. The molecule has 2 rings (SSSR count). The number of benzene rings is 2. The van der Waals surface area contributed by atoms with Gasteiger partial charge in [-0.05, 0) is 44.5 Å². The van der Waals surface area contributed by atoms with Crippen molar-refractivity contribution in [3.8, 4) is 0 Å². The second-order valence-electron chi connectivity index (χ2n) is 7.65. The Kier molecular flexibility index (Phi) is 9.09. The maximum atomic E-state index is 12.1. The van der Waals surface area contributed by atoms with Gasteiger partial charge >= 0.3 is 12.1 Å². The van der Waals surface area contributed by atoms with Crippen LogP contribution < -0.4 is 5.32 Å². The molecule has 2 aromatic carbocycles. The standard InChI is InChI=1S/C24H29NO5/c1-24(2,3)30-23(27)25-21(18-28-17-19-11-6-4-7-12-19)15-10-16-29-22(26)20-13-8-5-9-14-20/h4-15,21H,16-18H2,1-3H3,(H,25,27)/b15-10+/t21-/m0/s1. The lowest BCUT2D eigenvalue weighted by atomic mass is 10.2. The summed E-state index contributed by atoms with van der Waals surface area (Å²) in [4.78, 5) is 24.1. The highest BCUT2D eigenvalue weighted by molar-refractivity contribution is 5.89. The number of alkyl carbamates (subject to hydrolysis) is 1. The molecule has 0 aliphatic heterocycles. The quantitative estimate of drug-likeness (QED) is 0.485. The molecule has 30 heavy (non-hydrogen) atoms. The predicted octanol–water partition coefficient (Wildman–Crippen LogP) is 4.51. The summed E-state index contributed by atoms with van der Waals surface area (Å²) in [5.74, 6) is -0.405. The van der Waals surface area contributed by atoms with Crippen molar-refractivity contribution in [3.63, 3.8) is 0 Å². The highest BCUT2D eigenvalue weighted by Gasteiger charge is 2.18. The Morgan fingerprint density at radius 2 is 1.63 bits per heavy atom. The van der Waals surface area contributed by atoms with E-state index < -0.39 is 23.7 Å². The monoisotopic (exact) mass is 411 g/mol. The van der Waals surface area contributed by atoms with Gasteiger partial charge in [-0.3, -0.25) is 0 Å². The van der Waals surface area contributed by atoms with Gasteiger partial charge in [0, 0.05) is 0 Å². The van der Waals surface area contributed by atoms with Gasteiger partial charge in [-0.2, -0.15) is 0 Å². The van der Waals surface area contributed by atoms with Crippen LogP contribution in [0.2, 0.25) is 0 Å². The summed E-state index contributed by atoms with van der Waals surface area (Å²) in [6.45, 7) is 6.14. The van der Waals surface area contributed by atoms with Crippen molar-refractivity contribution >= 4 is 12.1 Å². The lowest BCUT2D eigenvalue weighted by Crippen LogP contribution is -2.40. The normalized spacial score (nSPS) is 12.4. The topological polar surface area (TPSA) is 73.9 Å². The first-order chi connectivity index (χ1) is 14.3. The van der Waals surface area contributed by atoms with Crippen LogP contribution in [0.25, 0.3) is 0 Å². The first-order valence-electron chi connectivity index (χ1n) is 9.83. The van der Waals surface area contributed by atoms with E-state index in [0.29, 0.717) is 12.2 Å². The van der Waals surface area contributed by atoms with Crippen molar-refractivity contribution < 1.29 is 23.8 Å². The average molecular weight is 411 g/mol. The van der Waals surface area contributed by atoms with Crippen LogP contribution in [0.3, 0.4) is 0 Å². The molecule has 1 N–H and O–H groups in total. The molecule has 6 heteroatoms. The first kappa shape index (κ1) is 23.2. The van der Waals surface area contributed by atoms with Crippen LogP contribution >= 0.6 is 0 Å². The number of nitrogens with one attached hydrogen (secondary N) is 1. The highest BCUT2D eigenvalue weighted by Crippen LogP contribution is 2.08. The second kappa shape index (κ2) is 11.8. The molecule has 160 valence electrons. The Morgan fingerprint density at radius 3 is 2.27 bits per heavy atom. The molecular formula is C24H29NO5. The molecule has 0 aromatic heterocycles. The van der Waals surface area contributed by atoms with Gasteiger partial charge in [-0.1, -0.05) is 54.6 Å². The molecule has 0 saturated heterocycles. The smallest absolute Gasteiger partial charge is 0.408 e. The van der Waals surface area contributed by atoms with Crippen LogP contribution in [0.1, 0.15) is 36.7 Å². The molecule has 0 radical (unpaired) electrons. The molecular weight excluding hydrogens is 382 g/mol. The van der Waals surface area contributed by atoms with Gasteiger partial charge in [-0.15, -0.1) is 0 Å². The van der Waals surface area contributed by atoms with Crippen molar-refractivity contribution in [1.82, 2.24) is 5.32 Å². The number of carbonyl (C=O) groups excluding carboxylic acids is 2. The van der Waals surface area contributed by atoms with E-state index in [0.717, 1.165) is 5.56 Å². The van der Waals surface area contributed by atoms with E-state index in [2.05, 4.69) is 5.32 Å². The summed E-state index contributed by atoms with van der Waals surface area (Å²) in [5.41, 5.74) is 0.920. The van der Waals surface area contributed by atoms with Crippen LogP contribution in [0.5, 0.6) is 0 Å². The van der Waals surface area contributed by atoms with E-state index in [9.17, 15) is 9.59 Å². The Morgan fingerprint density at radius 1 is 1.00 bits per heavy atom.